The van der Waals surface area contributed by atoms with Gasteiger partial charge in [0.2, 0.25) is 0 Å². The van der Waals surface area contributed by atoms with Crippen LogP contribution in [0.3, 0.4) is 0 Å². The number of nitrogens with zero attached hydrogens (tertiary/aromatic N) is 3. The van der Waals surface area contributed by atoms with Crippen molar-refractivity contribution in [2.45, 2.75) is 13.5 Å². The van der Waals surface area contributed by atoms with Gasteiger partial charge in [-0.25, -0.2) is 0 Å². The maximum atomic E-state index is 9.31. The summed E-state index contributed by atoms with van der Waals surface area (Å²) in [6.07, 6.45) is 0. The van der Waals surface area contributed by atoms with Crippen LogP contribution in [0, 0.1) is 18.3 Å². The summed E-state index contributed by atoms with van der Waals surface area (Å²) < 4.78 is 0. The maximum absolute atomic E-state index is 9.31. The largest absolute Gasteiger partial charge is 0.369 e. The Kier molecular flexibility index (Phi) is 5.41. The lowest BCUT2D eigenvalue weighted by Gasteiger charge is -2.36. The van der Waals surface area contributed by atoms with Crippen molar-refractivity contribution in [3.63, 3.8) is 0 Å². The first-order valence-electron chi connectivity index (χ1n) is 9.85. The van der Waals surface area contributed by atoms with Crippen LogP contribution in [0.25, 0.3) is 11.1 Å². The van der Waals surface area contributed by atoms with Gasteiger partial charge in [-0.05, 0) is 47.4 Å². The second kappa shape index (κ2) is 8.29. The summed E-state index contributed by atoms with van der Waals surface area (Å²) in [4.78, 5) is 5.00. The first-order valence-corrected chi connectivity index (χ1v) is 9.85. The molecule has 3 heteroatoms. The Morgan fingerprint density at radius 2 is 1.61 bits per heavy atom. The zero-order chi connectivity index (χ0) is 19.3. The van der Waals surface area contributed by atoms with E-state index in [-0.39, 0.29) is 0 Å². The molecule has 1 saturated heterocycles. The molecule has 1 aliphatic rings. The van der Waals surface area contributed by atoms with Gasteiger partial charge in [-0.15, -0.1) is 0 Å². The molecule has 3 aromatic rings. The Hall–Kier alpha value is -3.09. The molecule has 0 radical (unpaired) electrons. The van der Waals surface area contributed by atoms with Crippen molar-refractivity contribution >= 4 is 5.69 Å². The molecule has 0 aliphatic carbocycles. The second-order valence-corrected chi connectivity index (χ2v) is 7.46. The molecule has 0 N–H and O–H groups in total. The minimum Gasteiger partial charge on any atom is -0.369 e. The Bertz CT molecular complexity index is 977. The van der Waals surface area contributed by atoms with Gasteiger partial charge in [-0.3, -0.25) is 4.90 Å². The highest BCUT2D eigenvalue weighted by Crippen LogP contribution is 2.24. The van der Waals surface area contributed by atoms with Gasteiger partial charge in [-0.1, -0.05) is 54.6 Å². The van der Waals surface area contributed by atoms with E-state index in [4.69, 9.17) is 0 Å². The van der Waals surface area contributed by atoms with Gasteiger partial charge in [-0.2, -0.15) is 5.26 Å². The molecule has 28 heavy (non-hydrogen) atoms. The Balaban J connectivity index is 1.37. The fourth-order valence-corrected chi connectivity index (χ4v) is 3.87. The van der Waals surface area contributed by atoms with Gasteiger partial charge in [0.1, 0.15) is 0 Å². The van der Waals surface area contributed by atoms with Crippen molar-refractivity contribution in [2.24, 2.45) is 0 Å². The summed E-state index contributed by atoms with van der Waals surface area (Å²) in [5.41, 5.74) is 6.80. The van der Waals surface area contributed by atoms with Crippen LogP contribution < -0.4 is 4.90 Å². The Labute approximate surface area is 167 Å². The number of hydrogen-bond donors (Lipinski definition) is 0. The highest BCUT2D eigenvalue weighted by molar-refractivity contribution is 5.70. The Morgan fingerprint density at radius 1 is 0.857 bits per heavy atom. The van der Waals surface area contributed by atoms with Crippen LogP contribution in [-0.2, 0) is 6.54 Å². The smallest absolute Gasteiger partial charge is 0.0998 e. The predicted molar refractivity (Wildman–Crippen MR) is 115 cm³/mol. The molecular formula is C25H25N3. The average Bonchev–Trinajstić information content (AvgIpc) is 2.75. The van der Waals surface area contributed by atoms with Crippen molar-refractivity contribution < 1.29 is 0 Å². The van der Waals surface area contributed by atoms with Crippen molar-refractivity contribution in [1.29, 1.82) is 5.26 Å². The zero-order valence-corrected chi connectivity index (χ0v) is 16.3. The summed E-state index contributed by atoms with van der Waals surface area (Å²) in [6, 6.07) is 27.5. The second-order valence-electron chi connectivity index (χ2n) is 7.46. The molecule has 4 rings (SSSR count). The highest BCUT2D eigenvalue weighted by Gasteiger charge is 2.17. The first-order chi connectivity index (χ1) is 13.7. The van der Waals surface area contributed by atoms with Crippen LogP contribution in [0.5, 0.6) is 0 Å². The van der Waals surface area contributed by atoms with Gasteiger partial charge in [0.05, 0.1) is 11.6 Å². The van der Waals surface area contributed by atoms with Gasteiger partial charge >= 0.3 is 0 Å². The molecule has 1 aliphatic heterocycles. The summed E-state index contributed by atoms with van der Waals surface area (Å²) in [5.74, 6) is 0. The van der Waals surface area contributed by atoms with Gasteiger partial charge in [0, 0.05) is 38.4 Å². The van der Waals surface area contributed by atoms with E-state index in [1.54, 1.807) is 0 Å². The van der Waals surface area contributed by atoms with E-state index in [1.165, 1.54) is 16.8 Å². The molecule has 140 valence electrons. The third-order valence-electron chi connectivity index (χ3n) is 5.46. The monoisotopic (exact) mass is 367 g/mol. The minimum atomic E-state index is 0.725. The van der Waals surface area contributed by atoms with Crippen molar-refractivity contribution in [3.05, 3.63) is 89.5 Å². The van der Waals surface area contributed by atoms with E-state index in [0.29, 0.717) is 0 Å². The van der Waals surface area contributed by atoms with E-state index < -0.39 is 0 Å². The molecule has 0 unspecified atom stereocenters. The fourth-order valence-electron chi connectivity index (χ4n) is 3.87. The quantitative estimate of drug-likeness (QED) is 0.660. The van der Waals surface area contributed by atoms with E-state index in [2.05, 4.69) is 71.3 Å². The zero-order valence-electron chi connectivity index (χ0n) is 16.3. The van der Waals surface area contributed by atoms with Crippen LogP contribution in [0.4, 0.5) is 5.69 Å². The number of benzene rings is 3. The first kappa shape index (κ1) is 18.3. The summed E-state index contributed by atoms with van der Waals surface area (Å²) >= 11 is 0. The molecule has 3 aromatic carbocycles. The van der Waals surface area contributed by atoms with Crippen molar-refractivity contribution in [3.8, 4) is 17.2 Å². The molecular weight excluding hydrogens is 342 g/mol. The summed E-state index contributed by atoms with van der Waals surface area (Å²) in [7, 11) is 0. The maximum Gasteiger partial charge on any atom is 0.0998 e. The summed E-state index contributed by atoms with van der Waals surface area (Å²) in [5, 5.41) is 9.31. The number of hydrogen-bond acceptors (Lipinski definition) is 3. The third kappa shape index (κ3) is 4.08. The molecule has 3 nitrogen and oxygen atoms in total. The SMILES string of the molecule is Cc1cccc(N2CCN(Cc3ccc(-c4ccccc4C#N)cc3)CC2)c1. The molecule has 1 fully saturated rings. The standard InChI is InChI=1S/C25H25N3/c1-20-5-4-7-24(17-20)28-15-13-27(14-16-28)19-21-9-11-22(12-10-21)25-8-3-2-6-23(25)18-26/h2-12,17H,13-16,19H2,1H3. The fraction of sp³-hybridized carbons (Fsp3) is 0.240. The van der Waals surface area contributed by atoms with E-state index in [0.717, 1.165) is 49.4 Å². The van der Waals surface area contributed by atoms with Gasteiger partial charge in [0.25, 0.3) is 0 Å². The predicted octanol–water partition coefficient (Wildman–Crippen LogP) is 4.86. The topological polar surface area (TPSA) is 30.3 Å². The molecule has 1 heterocycles. The number of anilines is 1. The molecule has 0 saturated carbocycles. The normalized spacial score (nSPS) is 14.6. The van der Waals surface area contributed by atoms with Gasteiger partial charge in [0.15, 0.2) is 0 Å². The van der Waals surface area contributed by atoms with E-state index in [9.17, 15) is 5.26 Å². The Morgan fingerprint density at radius 3 is 2.32 bits per heavy atom. The minimum absolute atomic E-state index is 0.725. The highest BCUT2D eigenvalue weighted by atomic mass is 15.3. The lowest BCUT2D eigenvalue weighted by molar-refractivity contribution is 0.250. The lowest BCUT2D eigenvalue weighted by atomic mass is 9.99. The number of piperazine rings is 1. The third-order valence-corrected chi connectivity index (χ3v) is 5.46. The lowest BCUT2D eigenvalue weighted by Crippen LogP contribution is -2.45. The van der Waals surface area contributed by atoms with Crippen LogP contribution >= 0.6 is 0 Å². The van der Waals surface area contributed by atoms with Crippen molar-refractivity contribution in [2.75, 3.05) is 31.1 Å². The molecule has 0 amide bonds. The van der Waals surface area contributed by atoms with E-state index in [1.807, 2.05) is 24.3 Å². The van der Waals surface area contributed by atoms with Crippen LogP contribution in [0.1, 0.15) is 16.7 Å². The molecule has 0 bridgehead atoms. The average molecular weight is 367 g/mol. The van der Waals surface area contributed by atoms with Crippen LogP contribution in [0.2, 0.25) is 0 Å². The van der Waals surface area contributed by atoms with Crippen LogP contribution in [-0.4, -0.2) is 31.1 Å². The number of nitriles is 1. The van der Waals surface area contributed by atoms with Crippen molar-refractivity contribution in [1.82, 2.24) is 4.90 Å². The molecule has 0 aromatic heterocycles. The number of aryl methyl sites for hydroxylation is 1. The van der Waals surface area contributed by atoms with Gasteiger partial charge < -0.3 is 4.90 Å². The molecule has 0 spiro atoms. The summed E-state index contributed by atoms with van der Waals surface area (Å²) in [6.45, 7) is 7.41. The van der Waals surface area contributed by atoms with E-state index >= 15 is 0 Å². The number of rotatable bonds is 4. The van der Waals surface area contributed by atoms with Crippen LogP contribution in [0.15, 0.2) is 72.8 Å². The molecule has 0 atom stereocenters.